The highest BCUT2D eigenvalue weighted by atomic mass is 16.5. The van der Waals surface area contributed by atoms with Crippen LogP contribution in [0.2, 0.25) is 0 Å². The van der Waals surface area contributed by atoms with Crippen LogP contribution in [0.1, 0.15) is 48.4 Å². The first-order valence-corrected chi connectivity index (χ1v) is 25.2. The first kappa shape index (κ1) is 42.0. The highest BCUT2D eigenvalue weighted by Gasteiger charge is 2.37. The molecule has 1 atom stereocenters. The van der Waals surface area contributed by atoms with E-state index >= 15 is 0 Å². The molecule has 2 aliphatic carbocycles. The average Bonchev–Trinajstić information content (AvgIpc) is 4.06. The Morgan fingerprint density at radius 2 is 0.958 bits per heavy atom. The Balaban J connectivity index is 0.816. The molecule has 0 amide bonds. The van der Waals surface area contributed by atoms with Crippen molar-refractivity contribution in [2.45, 2.75) is 31.6 Å². The minimum absolute atomic E-state index is 0.238. The molecule has 0 spiro atoms. The summed E-state index contributed by atoms with van der Waals surface area (Å²) in [4.78, 5) is 2.42. The van der Waals surface area contributed by atoms with Crippen LogP contribution in [0.3, 0.4) is 0 Å². The number of hydrogen-bond acceptors (Lipinski definition) is 2. The predicted molar refractivity (Wildman–Crippen MR) is 300 cm³/mol. The van der Waals surface area contributed by atoms with Crippen molar-refractivity contribution in [2.24, 2.45) is 0 Å². The van der Waals surface area contributed by atoms with Gasteiger partial charge in [0, 0.05) is 50.4 Å². The lowest BCUT2D eigenvalue weighted by atomic mass is 9.81. The highest BCUT2D eigenvalue weighted by molar-refractivity contribution is 6.10. The minimum Gasteiger partial charge on any atom is -0.461 e. The van der Waals surface area contributed by atoms with E-state index < -0.39 is 0 Å². The second kappa shape index (κ2) is 16.6. The largest absolute Gasteiger partial charge is 0.461 e. The molecule has 3 aliphatic rings. The fourth-order valence-electron chi connectivity index (χ4n) is 11.9. The van der Waals surface area contributed by atoms with Crippen molar-refractivity contribution >= 4 is 44.4 Å². The molecule has 3 nitrogen and oxygen atoms in total. The Morgan fingerprint density at radius 1 is 0.431 bits per heavy atom. The molecule has 72 heavy (non-hydrogen) atoms. The molecule has 2 heterocycles. The van der Waals surface area contributed by atoms with E-state index in [2.05, 4.69) is 272 Å². The van der Waals surface area contributed by atoms with Crippen molar-refractivity contribution in [3.8, 4) is 55.9 Å². The molecule has 0 bridgehead atoms. The Morgan fingerprint density at radius 3 is 1.69 bits per heavy atom. The lowest BCUT2D eigenvalue weighted by molar-refractivity contribution is 0.426. The van der Waals surface area contributed by atoms with Gasteiger partial charge in [0.25, 0.3) is 0 Å². The molecule has 10 aromatic carbocycles. The summed E-state index contributed by atoms with van der Waals surface area (Å²) >= 11 is 0. The van der Waals surface area contributed by atoms with Crippen LogP contribution in [-0.2, 0) is 5.41 Å². The number of aromatic nitrogens is 1. The van der Waals surface area contributed by atoms with E-state index in [1.165, 1.54) is 99.8 Å². The van der Waals surface area contributed by atoms with Gasteiger partial charge in [-0.2, -0.15) is 0 Å². The van der Waals surface area contributed by atoms with Gasteiger partial charge in [0.15, 0.2) is 0 Å². The van der Waals surface area contributed by atoms with Crippen LogP contribution in [0.5, 0.6) is 5.75 Å². The fourth-order valence-corrected chi connectivity index (χ4v) is 11.9. The summed E-state index contributed by atoms with van der Waals surface area (Å²) < 4.78 is 8.63. The maximum atomic E-state index is 6.25. The molecule has 3 heteroatoms. The van der Waals surface area contributed by atoms with E-state index in [0.29, 0.717) is 0 Å². The Bertz CT molecular complexity index is 3970. The summed E-state index contributed by atoms with van der Waals surface area (Å²) in [5.74, 6) is 2.27. The van der Waals surface area contributed by atoms with Gasteiger partial charge in [-0.1, -0.05) is 178 Å². The molecule has 1 unspecified atom stereocenters. The summed E-state index contributed by atoms with van der Waals surface area (Å²) in [5, 5.41) is 2.52. The molecule has 11 aromatic rings. The van der Waals surface area contributed by atoms with E-state index in [-0.39, 0.29) is 11.3 Å². The molecule has 0 N–H and O–H groups in total. The van der Waals surface area contributed by atoms with Crippen LogP contribution in [0.25, 0.3) is 77.6 Å². The monoisotopic (exact) mass is 922 g/mol. The zero-order chi connectivity index (χ0) is 47.9. The Labute approximate surface area is 420 Å². The Hall–Kier alpha value is -8.92. The average molecular weight is 923 g/mol. The third kappa shape index (κ3) is 6.87. The number of fused-ring (bicyclic) bond motifs is 9. The molecule has 1 aromatic heterocycles. The summed E-state index contributed by atoms with van der Waals surface area (Å²) in [7, 11) is 0. The standard InChI is InChI=1S/C69H50N2O/c1-69(2)63-43-52(51-30-39-66-61(41-51)59-17-9-11-19-65(59)71(66)53-15-7-4-8-16-53)29-37-57(63)58-38-36-56(44-64(58)69)70(54-32-25-48(26-33-54)47-23-21-46(22-24-47)45-13-5-3-6-14-45)55-34-27-49(28-35-55)50-31-40-68-62(42-50)60-18-10-12-20-67(60)72-68/h3-41,43-44,62H,42H2,1-2H3. The van der Waals surface area contributed by atoms with Crippen molar-refractivity contribution in [3.63, 3.8) is 0 Å². The molecule has 342 valence electrons. The summed E-state index contributed by atoms with van der Waals surface area (Å²) in [5.41, 5.74) is 23.1. The zero-order valence-corrected chi connectivity index (χ0v) is 40.3. The number of nitrogens with zero attached hydrogens (tertiary/aromatic N) is 2. The van der Waals surface area contributed by atoms with Gasteiger partial charge in [0.1, 0.15) is 11.5 Å². The van der Waals surface area contributed by atoms with Gasteiger partial charge in [-0.25, -0.2) is 0 Å². The van der Waals surface area contributed by atoms with E-state index in [0.717, 1.165) is 35.0 Å². The Kier molecular flexibility index (Phi) is 9.69. The summed E-state index contributed by atoms with van der Waals surface area (Å²) in [6.45, 7) is 4.79. The zero-order valence-electron chi connectivity index (χ0n) is 40.3. The second-order valence-corrected chi connectivity index (χ2v) is 20.1. The van der Waals surface area contributed by atoms with Crippen LogP contribution in [0.4, 0.5) is 17.1 Å². The number of rotatable bonds is 8. The van der Waals surface area contributed by atoms with Crippen LogP contribution in [0, 0.1) is 0 Å². The maximum Gasteiger partial charge on any atom is 0.130 e. The van der Waals surface area contributed by atoms with Gasteiger partial charge in [0.05, 0.1) is 11.0 Å². The van der Waals surface area contributed by atoms with Gasteiger partial charge in [0.2, 0.25) is 0 Å². The van der Waals surface area contributed by atoms with Crippen LogP contribution in [0.15, 0.2) is 254 Å². The number of benzene rings is 10. The summed E-state index contributed by atoms with van der Waals surface area (Å²) in [6.07, 6.45) is 5.32. The number of allylic oxidation sites excluding steroid dienone is 4. The number of anilines is 3. The van der Waals surface area contributed by atoms with Gasteiger partial charge in [-0.15, -0.1) is 0 Å². The number of ether oxygens (including phenoxy) is 1. The SMILES string of the molecule is CC1(C)c2cc(-c3ccc4c(c3)c3ccccc3n4-c3ccccc3)ccc2-c2ccc(N(c3ccc(C4=CC=C5Oc6ccccc6C5C4)cc3)c3ccc(-c4ccc(-c5ccccc5)cc4)cc3)cc21. The quantitative estimate of drug-likeness (QED) is 0.151. The predicted octanol–water partition coefficient (Wildman–Crippen LogP) is 18.4. The van der Waals surface area contributed by atoms with Crippen molar-refractivity contribution < 1.29 is 4.74 Å². The summed E-state index contributed by atoms with van der Waals surface area (Å²) in [6, 6.07) is 86.9. The molecule has 0 fully saturated rings. The van der Waals surface area contributed by atoms with Crippen molar-refractivity contribution in [1.82, 2.24) is 4.57 Å². The number of hydrogen-bond donors (Lipinski definition) is 0. The van der Waals surface area contributed by atoms with Gasteiger partial charge in [-0.3, -0.25) is 0 Å². The molecule has 0 saturated heterocycles. The van der Waals surface area contributed by atoms with Crippen molar-refractivity contribution in [3.05, 3.63) is 277 Å². The fraction of sp³-hybridized carbons (Fsp3) is 0.0725. The number of para-hydroxylation sites is 3. The molecule has 1 aliphatic heterocycles. The first-order valence-electron chi connectivity index (χ1n) is 25.2. The molecular formula is C69H50N2O. The van der Waals surface area contributed by atoms with E-state index in [1.807, 2.05) is 0 Å². The molecule has 14 rings (SSSR count). The highest BCUT2D eigenvalue weighted by Crippen LogP contribution is 2.53. The van der Waals surface area contributed by atoms with Gasteiger partial charge in [-0.05, 0) is 158 Å². The molecular weight excluding hydrogens is 873 g/mol. The third-order valence-electron chi connectivity index (χ3n) is 15.6. The van der Waals surface area contributed by atoms with Crippen LogP contribution < -0.4 is 9.64 Å². The smallest absolute Gasteiger partial charge is 0.130 e. The second-order valence-electron chi connectivity index (χ2n) is 20.1. The van der Waals surface area contributed by atoms with Gasteiger partial charge >= 0.3 is 0 Å². The topological polar surface area (TPSA) is 17.4 Å². The molecule has 0 saturated carbocycles. The van der Waals surface area contributed by atoms with E-state index in [9.17, 15) is 0 Å². The van der Waals surface area contributed by atoms with E-state index in [4.69, 9.17) is 4.74 Å². The first-order chi connectivity index (χ1) is 35.4. The van der Waals surface area contributed by atoms with E-state index in [1.54, 1.807) is 0 Å². The normalized spacial score (nSPS) is 15.0. The minimum atomic E-state index is -0.238. The lowest BCUT2D eigenvalue weighted by Crippen LogP contribution is -2.16. The third-order valence-corrected chi connectivity index (χ3v) is 15.6. The van der Waals surface area contributed by atoms with Crippen LogP contribution in [-0.4, -0.2) is 4.57 Å². The van der Waals surface area contributed by atoms with Crippen molar-refractivity contribution in [2.75, 3.05) is 4.90 Å². The molecule has 0 radical (unpaired) electrons. The lowest BCUT2D eigenvalue weighted by Gasteiger charge is -2.28. The van der Waals surface area contributed by atoms with Crippen molar-refractivity contribution in [1.29, 1.82) is 0 Å². The van der Waals surface area contributed by atoms with Gasteiger partial charge < -0.3 is 14.2 Å². The van der Waals surface area contributed by atoms with Crippen LogP contribution >= 0.6 is 0 Å². The maximum absolute atomic E-state index is 6.25.